The van der Waals surface area contributed by atoms with Crippen molar-refractivity contribution in [3.8, 4) is 0 Å². The molecule has 0 radical (unpaired) electrons. The average molecular weight is 314 g/mol. The van der Waals surface area contributed by atoms with Crippen LogP contribution in [0.5, 0.6) is 0 Å². The Labute approximate surface area is 94.7 Å². The van der Waals surface area contributed by atoms with Crippen molar-refractivity contribution in [3.63, 3.8) is 0 Å². The number of hydrogen-bond donors (Lipinski definition) is 0. The number of aromatic nitrogens is 1. The van der Waals surface area contributed by atoms with Crippen LogP contribution in [0.25, 0.3) is 0 Å². The molecule has 0 unspecified atom stereocenters. The van der Waals surface area contributed by atoms with Crippen LogP contribution in [0.15, 0.2) is 18.2 Å². The van der Waals surface area contributed by atoms with Gasteiger partial charge in [-0.15, -0.1) is 0 Å². The van der Waals surface area contributed by atoms with Gasteiger partial charge in [-0.2, -0.15) is 0 Å². The van der Waals surface area contributed by atoms with Gasteiger partial charge in [0.15, 0.2) is 0 Å². The van der Waals surface area contributed by atoms with Gasteiger partial charge >= 0.3 is 94.8 Å². The molecule has 0 aliphatic carbocycles. The van der Waals surface area contributed by atoms with Gasteiger partial charge in [0.2, 0.25) is 0 Å². The summed E-state index contributed by atoms with van der Waals surface area (Å²) in [6.45, 7) is 1.35. The SMILES string of the molecule is [CH3][Sn]([CH3])([CH3])[c]1cccc(C2OCCO2)n1. The second-order valence-corrected chi connectivity index (χ2v) is 19.1. The third kappa shape index (κ3) is 2.71. The molecule has 4 heteroatoms. The fourth-order valence-corrected chi connectivity index (χ4v) is 4.56. The Morgan fingerprint density at radius 2 is 1.87 bits per heavy atom. The van der Waals surface area contributed by atoms with Crippen molar-refractivity contribution in [2.45, 2.75) is 21.1 Å². The summed E-state index contributed by atoms with van der Waals surface area (Å²) in [5, 5.41) is 0. The molecule has 1 fully saturated rings. The molecule has 15 heavy (non-hydrogen) atoms. The first kappa shape index (κ1) is 11.4. The van der Waals surface area contributed by atoms with Crippen molar-refractivity contribution in [2.24, 2.45) is 0 Å². The summed E-state index contributed by atoms with van der Waals surface area (Å²) in [4.78, 5) is 11.7. The van der Waals surface area contributed by atoms with Gasteiger partial charge in [-0.25, -0.2) is 0 Å². The number of rotatable bonds is 2. The topological polar surface area (TPSA) is 31.4 Å². The first-order valence-corrected chi connectivity index (χ1v) is 15.3. The predicted molar refractivity (Wildman–Crippen MR) is 61.9 cm³/mol. The van der Waals surface area contributed by atoms with E-state index in [0.717, 1.165) is 5.69 Å². The van der Waals surface area contributed by atoms with Gasteiger partial charge in [-0.1, -0.05) is 0 Å². The molecule has 1 aliphatic rings. The molecule has 1 aromatic heterocycles. The molecule has 1 saturated heterocycles. The van der Waals surface area contributed by atoms with E-state index in [1.807, 2.05) is 6.07 Å². The molecule has 0 bridgehead atoms. The summed E-state index contributed by atoms with van der Waals surface area (Å²) in [5.74, 6) is 0. The van der Waals surface area contributed by atoms with E-state index in [1.54, 1.807) is 0 Å². The first-order chi connectivity index (χ1) is 7.07. The van der Waals surface area contributed by atoms with Crippen LogP contribution in [-0.2, 0) is 9.47 Å². The quantitative estimate of drug-likeness (QED) is 0.778. The minimum absolute atomic E-state index is 0.237. The Morgan fingerprint density at radius 3 is 2.47 bits per heavy atom. The number of nitrogens with zero attached hydrogens (tertiary/aromatic N) is 1. The molecule has 0 saturated carbocycles. The first-order valence-electron chi connectivity index (χ1n) is 5.28. The zero-order valence-electron chi connectivity index (χ0n) is 9.49. The summed E-state index contributed by atoms with van der Waals surface area (Å²) in [7, 11) is 0. The average Bonchev–Trinajstić information content (AvgIpc) is 2.69. The molecule has 0 aromatic carbocycles. The summed E-state index contributed by atoms with van der Waals surface area (Å²) >= 11 is -2.06. The van der Waals surface area contributed by atoms with E-state index in [-0.39, 0.29) is 6.29 Å². The zero-order valence-corrected chi connectivity index (χ0v) is 12.3. The monoisotopic (exact) mass is 315 g/mol. The molecular formula is C11H17NO2Sn. The van der Waals surface area contributed by atoms with E-state index in [4.69, 9.17) is 9.47 Å². The van der Waals surface area contributed by atoms with Gasteiger partial charge in [0.25, 0.3) is 0 Å². The normalized spacial score (nSPS) is 18.3. The van der Waals surface area contributed by atoms with Crippen molar-refractivity contribution in [1.82, 2.24) is 4.98 Å². The maximum absolute atomic E-state index is 5.45. The Bertz CT molecular complexity index is 343. The van der Waals surface area contributed by atoms with Crippen LogP contribution in [0.4, 0.5) is 0 Å². The number of hydrogen-bond acceptors (Lipinski definition) is 3. The molecular weight excluding hydrogens is 297 g/mol. The summed E-state index contributed by atoms with van der Waals surface area (Å²) in [6, 6.07) is 6.18. The van der Waals surface area contributed by atoms with Gasteiger partial charge in [0.05, 0.1) is 0 Å². The van der Waals surface area contributed by atoms with E-state index in [2.05, 4.69) is 31.9 Å². The molecule has 2 heterocycles. The van der Waals surface area contributed by atoms with E-state index >= 15 is 0 Å². The number of ether oxygens (including phenoxy) is 2. The van der Waals surface area contributed by atoms with Crippen LogP contribution >= 0.6 is 0 Å². The molecule has 0 atom stereocenters. The molecule has 1 aliphatic heterocycles. The fourth-order valence-electron chi connectivity index (χ4n) is 1.53. The van der Waals surface area contributed by atoms with Crippen LogP contribution in [0.3, 0.4) is 0 Å². The van der Waals surface area contributed by atoms with Crippen LogP contribution < -0.4 is 3.71 Å². The van der Waals surface area contributed by atoms with Crippen molar-refractivity contribution in [1.29, 1.82) is 0 Å². The third-order valence-corrected chi connectivity index (χ3v) is 7.58. The maximum atomic E-state index is 5.45. The summed E-state index contributed by atoms with van der Waals surface area (Å²) < 4.78 is 12.2. The third-order valence-electron chi connectivity index (χ3n) is 2.40. The molecule has 0 N–H and O–H groups in total. The zero-order chi connectivity index (χ0) is 10.9. The van der Waals surface area contributed by atoms with Gasteiger partial charge in [-0.05, 0) is 0 Å². The van der Waals surface area contributed by atoms with Gasteiger partial charge in [-0.3, -0.25) is 0 Å². The van der Waals surface area contributed by atoms with E-state index in [9.17, 15) is 0 Å². The van der Waals surface area contributed by atoms with Crippen molar-refractivity contribution < 1.29 is 9.47 Å². The number of pyridine rings is 1. The predicted octanol–water partition coefficient (Wildman–Crippen LogP) is 1.67. The Kier molecular flexibility index (Phi) is 3.33. The standard InChI is InChI=1S/C8H8NO2.3CH3.Sn/c1-2-4-9-7(3-1)8-10-5-6-11-8;;;;/h1-3,8H,5-6H2;3*1H3;. The van der Waals surface area contributed by atoms with Crippen LogP contribution in [0, 0.1) is 0 Å². The Hall–Kier alpha value is -0.131. The summed E-state index contributed by atoms with van der Waals surface area (Å²) in [6.07, 6.45) is -0.237. The van der Waals surface area contributed by atoms with E-state index in [0.29, 0.717) is 13.2 Å². The fraction of sp³-hybridized carbons (Fsp3) is 0.545. The van der Waals surface area contributed by atoms with Crippen LogP contribution in [0.1, 0.15) is 12.0 Å². The Balaban J connectivity index is 2.26. The molecule has 2 rings (SSSR count). The van der Waals surface area contributed by atoms with Gasteiger partial charge in [0, 0.05) is 0 Å². The van der Waals surface area contributed by atoms with E-state index < -0.39 is 18.4 Å². The van der Waals surface area contributed by atoms with Gasteiger partial charge < -0.3 is 0 Å². The van der Waals surface area contributed by atoms with Gasteiger partial charge in [0.1, 0.15) is 0 Å². The second-order valence-electron chi connectivity index (χ2n) is 4.77. The molecule has 82 valence electrons. The molecule has 1 aromatic rings. The van der Waals surface area contributed by atoms with Crippen molar-refractivity contribution >= 4 is 22.1 Å². The van der Waals surface area contributed by atoms with Crippen molar-refractivity contribution in [3.05, 3.63) is 23.9 Å². The van der Waals surface area contributed by atoms with Crippen molar-refractivity contribution in [2.75, 3.05) is 13.2 Å². The van der Waals surface area contributed by atoms with E-state index in [1.165, 1.54) is 3.71 Å². The Morgan fingerprint density at radius 1 is 1.20 bits per heavy atom. The second kappa shape index (κ2) is 4.39. The molecule has 0 spiro atoms. The molecule has 3 nitrogen and oxygen atoms in total. The van der Waals surface area contributed by atoms with Crippen LogP contribution in [0.2, 0.25) is 14.8 Å². The molecule has 0 amide bonds. The minimum atomic E-state index is -2.06. The van der Waals surface area contributed by atoms with Crippen LogP contribution in [-0.4, -0.2) is 36.6 Å². The summed E-state index contributed by atoms with van der Waals surface area (Å²) in [5.41, 5.74) is 0.927.